The van der Waals surface area contributed by atoms with Gasteiger partial charge in [0.1, 0.15) is 41.7 Å². The zero-order chi connectivity index (χ0) is 46.0. The molecule has 10 heteroatoms. The fourth-order valence-electron chi connectivity index (χ4n) is 11.6. The molecule has 1 unspecified atom stereocenters. The minimum atomic E-state index is -2.39. The van der Waals surface area contributed by atoms with E-state index in [0.717, 1.165) is 49.7 Å². The Morgan fingerprint density at radius 2 is 1.08 bits per heavy atom. The molecule has 1 saturated heterocycles. The second kappa shape index (κ2) is 29.7. The van der Waals surface area contributed by atoms with Crippen molar-refractivity contribution in [2.75, 3.05) is 66.2 Å². The number of halogens is 3. The number of rotatable bonds is 29. The minimum Gasteiger partial charge on any atom is -1.00 e. The fraction of sp³-hybridized carbons (Fsp3) is 0.625. The standard InChI is InChI=1S/C56H91N3O3P.3BrH/c1-11-13-15-17-19-30-38-59(39-31-20-18-16-14-12-2,49-42-54(5,6)57-55(7,8)43-49)45-56(46-60,44-58(9,10)40-41-62-53(61)48(3)4)47-63(50-32-24-21-25-33-50,51-34-26-22-27-35-51)52-36-28-23-29-37-52;;;/h21-29,32-37,49,57,60H,3,11-20,30-31,38-47H2,1-2,4-10H3;3*1H/q+3;;;/p-3. The molecule has 0 aromatic heterocycles. The van der Waals surface area contributed by atoms with Crippen molar-refractivity contribution in [3.8, 4) is 0 Å². The number of hydrogen-bond donors (Lipinski definition) is 2. The molecule has 6 nitrogen and oxygen atoms in total. The van der Waals surface area contributed by atoms with E-state index in [4.69, 9.17) is 4.74 Å². The SMILES string of the molecule is C=C(C)C(=O)OCC[N+](C)(C)CC(CO)(C[N+](CCCCCCCC)(CCCCCCCC)C1CC(C)(C)NC(C)(C)C1)C[P+](c1ccccc1)(c1ccccc1)c1ccccc1.[Br-].[Br-].[Br-]. The van der Waals surface area contributed by atoms with Crippen molar-refractivity contribution >= 4 is 29.1 Å². The van der Waals surface area contributed by atoms with Crippen LogP contribution in [0.15, 0.2) is 103 Å². The zero-order valence-corrected chi connectivity index (χ0v) is 48.4. The molecule has 0 saturated carbocycles. The van der Waals surface area contributed by atoms with Gasteiger partial charge in [-0.15, -0.1) is 0 Å². The lowest BCUT2D eigenvalue weighted by Gasteiger charge is -2.57. The summed E-state index contributed by atoms with van der Waals surface area (Å²) in [6.45, 7) is 24.9. The lowest BCUT2D eigenvalue weighted by molar-refractivity contribution is -0.966. The Labute approximate surface area is 436 Å². The van der Waals surface area contributed by atoms with Crippen LogP contribution >= 0.6 is 7.26 Å². The van der Waals surface area contributed by atoms with Gasteiger partial charge < -0.3 is 75.1 Å². The van der Waals surface area contributed by atoms with E-state index in [1.807, 2.05) is 0 Å². The Morgan fingerprint density at radius 1 is 0.682 bits per heavy atom. The van der Waals surface area contributed by atoms with Gasteiger partial charge >= 0.3 is 5.97 Å². The quantitative estimate of drug-likeness (QED) is 0.0368. The van der Waals surface area contributed by atoms with Crippen LogP contribution in [0, 0.1) is 5.41 Å². The molecule has 1 fully saturated rings. The van der Waals surface area contributed by atoms with Gasteiger partial charge in [0, 0.05) is 29.5 Å². The first-order valence-corrected chi connectivity index (χ1v) is 26.9. The Morgan fingerprint density at radius 3 is 1.45 bits per heavy atom. The van der Waals surface area contributed by atoms with Crippen molar-refractivity contribution in [3.05, 3.63) is 103 Å². The molecule has 1 heterocycles. The van der Waals surface area contributed by atoms with E-state index in [9.17, 15) is 9.90 Å². The van der Waals surface area contributed by atoms with E-state index in [1.165, 1.54) is 93.0 Å². The monoisotopic (exact) mass is 1120 g/mol. The third kappa shape index (κ3) is 18.7. The molecule has 66 heavy (non-hydrogen) atoms. The molecule has 0 aliphatic carbocycles. The van der Waals surface area contributed by atoms with Crippen LogP contribution in [-0.2, 0) is 9.53 Å². The summed E-state index contributed by atoms with van der Waals surface area (Å²) in [4.78, 5) is 12.7. The number of unbranched alkanes of at least 4 members (excludes halogenated alkanes) is 10. The van der Waals surface area contributed by atoms with Crippen molar-refractivity contribution in [2.24, 2.45) is 5.41 Å². The highest BCUT2D eigenvalue weighted by Crippen LogP contribution is 2.59. The van der Waals surface area contributed by atoms with E-state index in [-0.39, 0.29) is 74.6 Å². The Kier molecular flexibility index (Phi) is 28.2. The number of carbonyl (C=O) groups excluding carboxylic acids is 1. The summed E-state index contributed by atoms with van der Waals surface area (Å²) in [6, 6.07) is 34.3. The van der Waals surface area contributed by atoms with Gasteiger partial charge in [0.25, 0.3) is 0 Å². The average Bonchev–Trinajstić information content (AvgIpc) is 3.24. The van der Waals surface area contributed by atoms with Crippen molar-refractivity contribution in [1.29, 1.82) is 0 Å². The van der Waals surface area contributed by atoms with Gasteiger partial charge in [-0.2, -0.15) is 0 Å². The molecule has 1 aliphatic rings. The topological polar surface area (TPSA) is 58.6 Å². The van der Waals surface area contributed by atoms with E-state index in [0.29, 0.717) is 29.2 Å². The molecule has 1 aliphatic heterocycles. The summed E-state index contributed by atoms with van der Waals surface area (Å²) in [5.41, 5.74) is -0.109. The molecule has 3 aromatic rings. The van der Waals surface area contributed by atoms with Gasteiger partial charge in [0.15, 0.2) is 0 Å². The normalized spacial score (nSPS) is 15.9. The first-order valence-electron chi connectivity index (χ1n) is 24.9. The Balaban J connectivity index is 0.00000726. The number of ether oxygens (including phenoxy) is 1. The summed E-state index contributed by atoms with van der Waals surface area (Å²) in [5, 5.41) is 20.9. The predicted molar refractivity (Wildman–Crippen MR) is 273 cm³/mol. The Hall–Kier alpha value is -1.42. The number of likely N-dealkylation sites (N-methyl/N-ethyl adjacent to an activating group) is 1. The first-order chi connectivity index (χ1) is 30.0. The largest absolute Gasteiger partial charge is 1.00 e. The zero-order valence-electron chi connectivity index (χ0n) is 42.7. The van der Waals surface area contributed by atoms with Crippen LogP contribution in [0.4, 0.5) is 0 Å². The van der Waals surface area contributed by atoms with Gasteiger partial charge in [-0.25, -0.2) is 4.79 Å². The number of piperidine rings is 1. The number of quaternary nitrogens is 2. The minimum absolute atomic E-state index is 0. The summed E-state index contributed by atoms with van der Waals surface area (Å²) in [7, 11) is 2.20. The van der Waals surface area contributed by atoms with Crippen LogP contribution < -0.4 is 72.2 Å². The third-order valence-corrected chi connectivity index (χ3v) is 18.7. The van der Waals surface area contributed by atoms with E-state index < -0.39 is 12.7 Å². The number of benzene rings is 3. The van der Waals surface area contributed by atoms with Crippen LogP contribution in [0.3, 0.4) is 0 Å². The third-order valence-electron chi connectivity index (χ3n) is 14.0. The fourth-order valence-corrected chi connectivity index (χ4v) is 16.4. The van der Waals surface area contributed by atoms with E-state index >= 15 is 0 Å². The second-order valence-corrected chi connectivity index (χ2v) is 25.2. The van der Waals surface area contributed by atoms with Crippen molar-refractivity contribution < 1.29 is 74.5 Å². The smallest absolute Gasteiger partial charge is 0.333 e. The van der Waals surface area contributed by atoms with Crippen LogP contribution in [-0.4, -0.2) is 103 Å². The first kappa shape index (κ1) is 62.6. The highest BCUT2D eigenvalue weighted by molar-refractivity contribution is 7.95. The average molecular weight is 1130 g/mol. The van der Waals surface area contributed by atoms with Gasteiger partial charge in [-0.05, 0) is 96.7 Å². The maximum absolute atomic E-state index is 12.7. The van der Waals surface area contributed by atoms with Crippen LogP contribution in [0.1, 0.15) is 138 Å². The summed E-state index contributed by atoms with van der Waals surface area (Å²) in [5.74, 6) is -0.338. The van der Waals surface area contributed by atoms with Crippen molar-refractivity contribution in [1.82, 2.24) is 5.32 Å². The maximum Gasteiger partial charge on any atom is 0.333 e. The molecule has 0 radical (unpaired) electrons. The van der Waals surface area contributed by atoms with Crippen LogP contribution in [0.2, 0.25) is 0 Å². The lowest BCUT2D eigenvalue weighted by atomic mass is 9.76. The van der Waals surface area contributed by atoms with E-state index in [2.05, 4.69) is 159 Å². The summed E-state index contributed by atoms with van der Waals surface area (Å²) >= 11 is 0. The lowest BCUT2D eigenvalue weighted by Crippen LogP contribution is -3.00. The number of aliphatic hydroxyl groups excluding tert-OH is 1. The molecular weight excluding hydrogens is 1030 g/mol. The molecular formula is C56H91Br3N3O3P. The number of carbonyl (C=O) groups is 1. The second-order valence-electron chi connectivity index (χ2n) is 21.7. The van der Waals surface area contributed by atoms with Crippen LogP contribution in [0.25, 0.3) is 0 Å². The predicted octanol–water partition coefficient (Wildman–Crippen LogP) is 2.01. The number of nitrogens with zero attached hydrogens (tertiary/aromatic N) is 2. The molecule has 2 N–H and O–H groups in total. The molecule has 1 atom stereocenters. The molecule has 0 bridgehead atoms. The number of nitrogens with one attached hydrogen (secondary N) is 1. The molecule has 0 spiro atoms. The molecule has 374 valence electrons. The number of hydrogen-bond acceptors (Lipinski definition) is 4. The molecule has 0 amide bonds. The van der Waals surface area contributed by atoms with Crippen LogP contribution in [0.5, 0.6) is 0 Å². The number of esters is 1. The molecule has 3 aromatic carbocycles. The Bertz CT molecular complexity index is 1670. The van der Waals surface area contributed by atoms with Crippen molar-refractivity contribution in [3.63, 3.8) is 0 Å². The van der Waals surface area contributed by atoms with Gasteiger partial charge in [0.05, 0.1) is 59.1 Å². The van der Waals surface area contributed by atoms with Gasteiger partial charge in [-0.1, -0.05) is 126 Å². The van der Waals surface area contributed by atoms with E-state index in [1.54, 1.807) is 6.92 Å². The maximum atomic E-state index is 12.7. The van der Waals surface area contributed by atoms with Crippen molar-refractivity contribution in [2.45, 2.75) is 155 Å². The molecule has 4 rings (SSSR count). The van der Waals surface area contributed by atoms with Gasteiger partial charge in [0.2, 0.25) is 0 Å². The highest BCUT2D eigenvalue weighted by atomic mass is 79.9. The highest BCUT2D eigenvalue weighted by Gasteiger charge is 2.59. The summed E-state index contributed by atoms with van der Waals surface area (Å²) in [6.07, 6.45) is 18.3. The van der Waals surface area contributed by atoms with Gasteiger partial charge in [-0.3, -0.25) is 0 Å². The number of aliphatic hydroxyl groups is 1. The summed E-state index contributed by atoms with van der Waals surface area (Å²) < 4.78 is 7.47.